The van der Waals surface area contributed by atoms with Crippen molar-refractivity contribution in [3.05, 3.63) is 54.1 Å². The first-order chi connectivity index (χ1) is 11.2. The first-order valence-corrected chi connectivity index (χ1v) is 7.93. The second-order valence-electron chi connectivity index (χ2n) is 6.20. The predicted molar refractivity (Wildman–Crippen MR) is 92.6 cm³/mol. The van der Waals surface area contributed by atoms with E-state index in [2.05, 4.69) is 27.4 Å². The van der Waals surface area contributed by atoms with Crippen molar-refractivity contribution in [3.63, 3.8) is 0 Å². The molecular weight excluding hydrogens is 326 g/mol. The van der Waals surface area contributed by atoms with Crippen LogP contribution in [0.4, 0.5) is 0 Å². The van der Waals surface area contributed by atoms with E-state index in [1.54, 1.807) is 6.20 Å². The maximum absolute atomic E-state index is 6.37. The molecule has 3 aromatic rings. The third-order valence-corrected chi connectivity index (χ3v) is 4.43. The Kier molecular flexibility index (Phi) is 4.69. The van der Waals surface area contributed by atoms with Crippen molar-refractivity contribution < 1.29 is 4.52 Å². The minimum Gasteiger partial charge on any atom is -0.334 e. The Morgan fingerprint density at radius 3 is 2.67 bits per heavy atom. The Morgan fingerprint density at radius 1 is 1.17 bits per heavy atom. The smallest absolute Gasteiger partial charge is 0.261 e. The van der Waals surface area contributed by atoms with Crippen LogP contribution in [0, 0.1) is 0 Å². The molecule has 0 unspecified atom stereocenters. The highest BCUT2D eigenvalue weighted by Gasteiger charge is 2.36. The first-order valence-electron chi connectivity index (χ1n) is 7.93. The fourth-order valence-corrected chi connectivity index (χ4v) is 3.10. The minimum atomic E-state index is -0.429. The molecule has 0 spiro atoms. The van der Waals surface area contributed by atoms with Gasteiger partial charge in [-0.05, 0) is 18.4 Å². The Balaban J connectivity index is 0.00000169. The Hall–Kier alpha value is -2.18. The third kappa shape index (κ3) is 3.20. The molecule has 7 heteroatoms. The molecule has 126 valence electrons. The molecule has 2 N–H and O–H groups in total. The molecule has 1 saturated carbocycles. The summed E-state index contributed by atoms with van der Waals surface area (Å²) in [6.07, 6.45) is 7.74. The average molecular weight is 346 g/mol. The molecule has 0 amide bonds. The van der Waals surface area contributed by atoms with Gasteiger partial charge in [-0.1, -0.05) is 48.3 Å². The molecule has 1 aliphatic rings. The van der Waals surface area contributed by atoms with Gasteiger partial charge in [-0.3, -0.25) is 4.68 Å². The lowest BCUT2D eigenvalue weighted by molar-refractivity contribution is 0.372. The largest absolute Gasteiger partial charge is 0.334 e. The van der Waals surface area contributed by atoms with Crippen molar-refractivity contribution in [1.29, 1.82) is 0 Å². The van der Waals surface area contributed by atoms with E-state index >= 15 is 0 Å². The number of benzene rings is 1. The molecule has 0 bridgehead atoms. The highest BCUT2D eigenvalue weighted by Crippen LogP contribution is 2.35. The fraction of sp³-hybridized carbons (Fsp3) is 0.353. The fourth-order valence-electron chi connectivity index (χ4n) is 3.10. The molecule has 0 atom stereocenters. The van der Waals surface area contributed by atoms with Gasteiger partial charge < -0.3 is 10.3 Å². The molecule has 4 rings (SSSR count). The average Bonchev–Trinajstić information content (AvgIpc) is 3.28. The molecule has 0 radical (unpaired) electrons. The van der Waals surface area contributed by atoms with Gasteiger partial charge in [-0.15, -0.1) is 12.4 Å². The lowest BCUT2D eigenvalue weighted by Gasteiger charge is -2.17. The zero-order valence-corrected chi connectivity index (χ0v) is 14.1. The van der Waals surface area contributed by atoms with Gasteiger partial charge in [0, 0.05) is 6.20 Å². The van der Waals surface area contributed by atoms with Crippen molar-refractivity contribution >= 4 is 12.4 Å². The van der Waals surface area contributed by atoms with E-state index in [1.165, 1.54) is 5.56 Å². The van der Waals surface area contributed by atoms with E-state index in [4.69, 9.17) is 10.3 Å². The van der Waals surface area contributed by atoms with Crippen molar-refractivity contribution in [2.75, 3.05) is 0 Å². The molecular formula is C17H20ClN5O. The van der Waals surface area contributed by atoms with Gasteiger partial charge in [0.2, 0.25) is 0 Å². The number of hydrogen-bond donors (Lipinski definition) is 1. The van der Waals surface area contributed by atoms with Crippen LogP contribution in [0.1, 0.15) is 37.1 Å². The summed E-state index contributed by atoms with van der Waals surface area (Å²) < 4.78 is 7.26. The van der Waals surface area contributed by atoms with Gasteiger partial charge in [-0.25, -0.2) is 0 Å². The van der Waals surface area contributed by atoms with E-state index in [0.29, 0.717) is 18.3 Å². The molecule has 0 aliphatic heterocycles. The minimum absolute atomic E-state index is 0. The van der Waals surface area contributed by atoms with Crippen LogP contribution in [-0.2, 0) is 12.1 Å². The maximum Gasteiger partial charge on any atom is 0.261 e. The molecule has 0 saturated heterocycles. The lowest BCUT2D eigenvalue weighted by atomic mass is 9.99. The van der Waals surface area contributed by atoms with Crippen LogP contribution in [0.15, 0.2) is 47.2 Å². The van der Waals surface area contributed by atoms with E-state index in [1.807, 2.05) is 29.1 Å². The van der Waals surface area contributed by atoms with Crippen molar-refractivity contribution in [1.82, 2.24) is 19.9 Å². The number of hydrogen-bond acceptors (Lipinski definition) is 5. The molecule has 2 aromatic heterocycles. The summed E-state index contributed by atoms with van der Waals surface area (Å²) in [5.41, 5.74) is 7.96. The van der Waals surface area contributed by atoms with E-state index in [9.17, 15) is 0 Å². The summed E-state index contributed by atoms with van der Waals surface area (Å²) in [5.74, 6) is 1.09. The van der Waals surface area contributed by atoms with E-state index < -0.39 is 5.54 Å². The van der Waals surface area contributed by atoms with Crippen LogP contribution in [0.2, 0.25) is 0 Å². The normalized spacial score (nSPS) is 16.0. The van der Waals surface area contributed by atoms with Crippen LogP contribution in [0.5, 0.6) is 0 Å². The summed E-state index contributed by atoms with van der Waals surface area (Å²) in [7, 11) is 0. The molecule has 2 heterocycles. The van der Waals surface area contributed by atoms with Gasteiger partial charge >= 0.3 is 0 Å². The Morgan fingerprint density at radius 2 is 1.92 bits per heavy atom. The van der Waals surface area contributed by atoms with Gasteiger partial charge in [0.05, 0.1) is 23.8 Å². The summed E-state index contributed by atoms with van der Waals surface area (Å²) in [6.45, 7) is 0.711. The van der Waals surface area contributed by atoms with E-state index in [0.717, 1.165) is 31.2 Å². The van der Waals surface area contributed by atoms with Crippen LogP contribution in [0.3, 0.4) is 0 Å². The highest BCUT2D eigenvalue weighted by molar-refractivity contribution is 5.85. The van der Waals surface area contributed by atoms with Gasteiger partial charge in [0.15, 0.2) is 5.82 Å². The van der Waals surface area contributed by atoms with Crippen LogP contribution >= 0.6 is 12.4 Å². The van der Waals surface area contributed by atoms with E-state index in [-0.39, 0.29) is 12.4 Å². The number of halogens is 1. The standard InChI is InChI=1S/C17H19N5O.ClH/c18-17(8-4-5-9-17)16-20-15(23-21-16)14-10-19-22(12-14)11-13-6-2-1-3-7-13;/h1-3,6-7,10,12H,4-5,8-9,11,18H2;1H. The molecule has 24 heavy (non-hydrogen) atoms. The zero-order valence-electron chi connectivity index (χ0n) is 13.3. The summed E-state index contributed by atoms with van der Waals surface area (Å²) >= 11 is 0. The van der Waals surface area contributed by atoms with Gasteiger partial charge in [0.25, 0.3) is 5.89 Å². The predicted octanol–water partition coefficient (Wildman–Crippen LogP) is 3.13. The number of nitrogens with two attached hydrogens (primary N) is 1. The molecule has 1 aromatic carbocycles. The second kappa shape index (κ2) is 6.75. The summed E-state index contributed by atoms with van der Waals surface area (Å²) in [4.78, 5) is 4.50. The van der Waals surface area contributed by atoms with Gasteiger partial charge in [-0.2, -0.15) is 10.1 Å². The Labute approximate surface area is 146 Å². The van der Waals surface area contributed by atoms with Gasteiger partial charge in [0.1, 0.15) is 0 Å². The van der Waals surface area contributed by atoms with Crippen LogP contribution in [0.25, 0.3) is 11.5 Å². The topological polar surface area (TPSA) is 82.8 Å². The van der Waals surface area contributed by atoms with Crippen LogP contribution in [-0.4, -0.2) is 19.9 Å². The first kappa shape index (κ1) is 16.7. The van der Waals surface area contributed by atoms with Crippen molar-refractivity contribution in [3.8, 4) is 11.5 Å². The lowest BCUT2D eigenvalue weighted by Crippen LogP contribution is -2.34. The SMILES string of the molecule is Cl.NC1(c2noc(-c3cnn(Cc4ccccc4)c3)n2)CCCC1. The zero-order chi connectivity index (χ0) is 15.7. The molecule has 1 fully saturated rings. The molecule has 1 aliphatic carbocycles. The molecule has 6 nitrogen and oxygen atoms in total. The monoisotopic (exact) mass is 345 g/mol. The second-order valence-corrected chi connectivity index (χ2v) is 6.20. The highest BCUT2D eigenvalue weighted by atomic mass is 35.5. The third-order valence-electron chi connectivity index (χ3n) is 4.43. The maximum atomic E-state index is 6.37. The Bertz CT molecular complexity index is 792. The number of rotatable bonds is 4. The summed E-state index contributed by atoms with van der Waals surface area (Å²) in [5, 5.41) is 8.46. The van der Waals surface area contributed by atoms with Crippen LogP contribution < -0.4 is 5.73 Å². The number of nitrogens with zero attached hydrogens (tertiary/aromatic N) is 4. The summed E-state index contributed by atoms with van der Waals surface area (Å²) in [6, 6.07) is 10.2. The quantitative estimate of drug-likeness (QED) is 0.785. The van der Waals surface area contributed by atoms with Crippen molar-refractivity contribution in [2.24, 2.45) is 5.73 Å². The number of aromatic nitrogens is 4. The van der Waals surface area contributed by atoms with Crippen molar-refractivity contribution in [2.45, 2.75) is 37.8 Å².